The van der Waals surface area contributed by atoms with Crippen molar-refractivity contribution < 1.29 is 18.0 Å². The number of aryl methyl sites for hydroxylation is 1. The lowest BCUT2D eigenvalue weighted by molar-refractivity contribution is -0.140. The highest BCUT2D eigenvalue weighted by atomic mass is 79.9. The van der Waals surface area contributed by atoms with Crippen LogP contribution in [0.4, 0.5) is 5.69 Å². The number of sulfonamides is 1. The summed E-state index contributed by atoms with van der Waals surface area (Å²) < 4.78 is 27.1. The topological polar surface area (TPSA) is 86.8 Å². The van der Waals surface area contributed by atoms with Crippen molar-refractivity contribution in [2.24, 2.45) is 0 Å². The van der Waals surface area contributed by atoms with Gasteiger partial charge in [-0.1, -0.05) is 39.7 Å². The first-order chi connectivity index (χ1) is 15.6. The summed E-state index contributed by atoms with van der Waals surface area (Å²) >= 11 is 9.39. The largest absolute Gasteiger partial charge is 0.350 e. The summed E-state index contributed by atoms with van der Waals surface area (Å²) in [5.74, 6) is -0.835. The van der Waals surface area contributed by atoms with Crippen LogP contribution in [-0.2, 0) is 26.2 Å². The second-order valence-electron chi connectivity index (χ2n) is 9.27. The van der Waals surface area contributed by atoms with Crippen molar-refractivity contribution in [1.29, 1.82) is 0 Å². The maximum Gasteiger partial charge on any atom is 0.244 e. The molecule has 0 fully saturated rings. The fraction of sp³-hybridized carbons (Fsp3) is 0.417. The predicted molar refractivity (Wildman–Crippen MR) is 140 cm³/mol. The second-order valence-corrected chi connectivity index (χ2v) is 12.5. The van der Waals surface area contributed by atoms with E-state index in [0.717, 1.165) is 26.2 Å². The minimum absolute atomic E-state index is 0.117. The Morgan fingerprint density at radius 2 is 1.71 bits per heavy atom. The van der Waals surface area contributed by atoms with Gasteiger partial charge in [0.15, 0.2) is 0 Å². The highest BCUT2D eigenvalue weighted by molar-refractivity contribution is 9.10. The Bertz CT molecular complexity index is 1150. The molecule has 2 amide bonds. The number of benzene rings is 2. The van der Waals surface area contributed by atoms with Crippen molar-refractivity contribution >= 4 is 55.1 Å². The average molecular weight is 573 g/mol. The number of carbonyl (C=O) groups excluding carboxylic acids is 2. The summed E-state index contributed by atoms with van der Waals surface area (Å²) in [7, 11) is -3.78. The fourth-order valence-corrected chi connectivity index (χ4v) is 4.45. The van der Waals surface area contributed by atoms with Crippen LogP contribution in [0.3, 0.4) is 0 Å². The highest BCUT2D eigenvalue weighted by Gasteiger charge is 2.31. The zero-order valence-corrected chi connectivity index (χ0v) is 23.4. The molecule has 2 aromatic rings. The van der Waals surface area contributed by atoms with Gasteiger partial charge in [0, 0.05) is 21.6 Å². The van der Waals surface area contributed by atoms with Crippen LogP contribution in [0.5, 0.6) is 0 Å². The number of anilines is 1. The second kappa shape index (κ2) is 11.1. The summed E-state index contributed by atoms with van der Waals surface area (Å²) in [6.45, 7) is 8.69. The molecule has 1 N–H and O–H groups in total. The molecular weight excluding hydrogens is 542 g/mol. The van der Waals surface area contributed by atoms with Crippen LogP contribution < -0.4 is 9.62 Å². The predicted octanol–water partition coefficient (Wildman–Crippen LogP) is 4.51. The number of halogens is 2. The standard InChI is InChI=1S/C24H31BrClN3O4S/c1-16-13-20(11-12-21(16)25)29(34(6,32)33)15-22(30)28(14-18-7-9-19(26)10-8-18)17(2)23(31)27-24(3,4)5/h7-13,17H,14-15H2,1-6H3,(H,27,31)/t17-/m1/s1. The van der Waals surface area contributed by atoms with Crippen LogP contribution in [-0.4, -0.2) is 49.5 Å². The van der Waals surface area contributed by atoms with Crippen LogP contribution in [0.15, 0.2) is 46.9 Å². The smallest absolute Gasteiger partial charge is 0.244 e. The fourth-order valence-electron chi connectivity index (χ4n) is 3.24. The first-order valence-corrected chi connectivity index (χ1v) is 13.7. The van der Waals surface area contributed by atoms with E-state index in [0.29, 0.717) is 10.7 Å². The van der Waals surface area contributed by atoms with Crippen molar-refractivity contribution in [2.75, 3.05) is 17.1 Å². The van der Waals surface area contributed by atoms with Gasteiger partial charge in [0.05, 0.1) is 11.9 Å². The van der Waals surface area contributed by atoms with E-state index in [1.165, 1.54) is 4.90 Å². The third-order valence-electron chi connectivity index (χ3n) is 5.04. The normalized spacial score (nSPS) is 12.7. The van der Waals surface area contributed by atoms with Crippen molar-refractivity contribution in [3.05, 3.63) is 63.1 Å². The van der Waals surface area contributed by atoms with Gasteiger partial charge in [-0.15, -0.1) is 0 Å². The Morgan fingerprint density at radius 1 is 1.12 bits per heavy atom. The van der Waals surface area contributed by atoms with Crippen LogP contribution in [0.25, 0.3) is 0 Å². The third kappa shape index (κ3) is 7.99. The molecule has 0 aliphatic heterocycles. The highest BCUT2D eigenvalue weighted by Crippen LogP contribution is 2.25. The molecule has 2 aromatic carbocycles. The number of amides is 2. The number of hydrogen-bond donors (Lipinski definition) is 1. The number of hydrogen-bond acceptors (Lipinski definition) is 4. The van der Waals surface area contributed by atoms with Crippen LogP contribution in [0, 0.1) is 6.92 Å². The Labute approximate surface area is 215 Å². The number of nitrogens with zero attached hydrogens (tertiary/aromatic N) is 2. The zero-order valence-electron chi connectivity index (χ0n) is 20.2. The first-order valence-electron chi connectivity index (χ1n) is 10.7. The van der Waals surface area contributed by atoms with Gasteiger partial charge in [0.1, 0.15) is 12.6 Å². The molecule has 34 heavy (non-hydrogen) atoms. The van der Waals surface area contributed by atoms with Crippen LogP contribution in [0.1, 0.15) is 38.8 Å². The van der Waals surface area contributed by atoms with E-state index >= 15 is 0 Å². The number of nitrogens with one attached hydrogen (secondary N) is 1. The number of rotatable bonds is 8. The molecule has 7 nitrogen and oxygen atoms in total. The number of carbonyl (C=O) groups is 2. The molecule has 0 bridgehead atoms. The first kappa shape index (κ1) is 28.1. The molecule has 0 aliphatic carbocycles. The van der Waals surface area contributed by atoms with E-state index in [4.69, 9.17) is 11.6 Å². The Morgan fingerprint density at radius 3 is 2.21 bits per heavy atom. The molecular formula is C24H31BrClN3O4S. The molecule has 0 saturated heterocycles. The molecule has 186 valence electrons. The van der Waals surface area contributed by atoms with Gasteiger partial charge < -0.3 is 10.2 Å². The molecule has 0 spiro atoms. The van der Waals surface area contributed by atoms with Gasteiger partial charge >= 0.3 is 0 Å². The van der Waals surface area contributed by atoms with Crippen molar-refractivity contribution in [3.63, 3.8) is 0 Å². The maximum absolute atomic E-state index is 13.5. The summed E-state index contributed by atoms with van der Waals surface area (Å²) in [6.07, 6.45) is 1.05. The average Bonchev–Trinajstić information content (AvgIpc) is 2.71. The quantitative estimate of drug-likeness (QED) is 0.504. The molecule has 0 radical (unpaired) electrons. The summed E-state index contributed by atoms with van der Waals surface area (Å²) in [5.41, 5.74) is 1.47. The van der Waals surface area contributed by atoms with Gasteiger partial charge in [-0.25, -0.2) is 8.42 Å². The van der Waals surface area contributed by atoms with E-state index < -0.39 is 34.1 Å². The minimum atomic E-state index is -3.78. The summed E-state index contributed by atoms with van der Waals surface area (Å²) in [5, 5.41) is 3.44. The molecule has 0 aliphatic rings. The molecule has 10 heteroatoms. The van der Waals surface area contributed by atoms with E-state index in [1.807, 2.05) is 27.7 Å². The zero-order chi connectivity index (χ0) is 25.8. The molecule has 0 aromatic heterocycles. The summed E-state index contributed by atoms with van der Waals surface area (Å²) in [4.78, 5) is 27.8. The van der Waals surface area contributed by atoms with Gasteiger partial charge in [-0.05, 0) is 76.1 Å². The maximum atomic E-state index is 13.5. The molecule has 0 unspecified atom stereocenters. The lowest BCUT2D eigenvalue weighted by atomic mass is 10.1. The molecule has 0 saturated carbocycles. The van der Waals surface area contributed by atoms with E-state index in [1.54, 1.807) is 49.4 Å². The van der Waals surface area contributed by atoms with Crippen LogP contribution >= 0.6 is 27.5 Å². The Hall–Kier alpha value is -2.10. The van der Waals surface area contributed by atoms with Crippen molar-refractivity contribution in [2.45, 2.75) is 52.7 Å². The minimum Gasteiger partial charge on any atom is -0.350 e. The Balaban J connectivity index is 2.41. The SMILES string of the molecule is Cc1cc(N(CC(=O)N(Cc2ccc(Cl)cc2)[C@H](C)C(=O)NC(C)(C)C)S(C)(=O)=O)ccc1Br. The van der Waals surface area contributed by atoms with Crippen LogP contribution in [0.2, 0.25) is 5.02 Å². The van der Waals surface area contributed by atoms with Gasteiger partial charge in [-0.2, -0.15) is 0 Å². The van der Waals surface area contributed by atoms with E-state index in [9.17, 15) is 18.0 Å². The summed E-state index contributed by atoms with van der Waals surface area (Å²) in [6, 6.07) is 11.2. The van der Waals surface area contributed by atoms with Gasteiger partial charge in [-0.3, -0.25) is 13.9 Å². The molecule has 2 rings (SSSR count). The molecule has 1 atom stereocenters. The van der Waals surface area contributed by atoms with Crippen molar-refractivity contribution in [3.8, 4) is 0 Å². The lowest BCUT2D eigenvalue weighted by Crippen LogP contribution is -2.54. The monoisotopic (exact) mass is 571 g/mol. The van der Waals surface area contributed by atoms with E-state index in [-0.39, 0.29) is 12.5 Å². The third-order valence-corrected chi connectivity index (χ3v) is 7.32. The lowest BCUT2D eigenvalue weighted by Gasteiger charge is -2.33. The van der Waals surface area contributed by atoms with E-state index in [2.05, 4.69) is 21.2 Å². The van der Waals surface area contributed by atoms with Gasteiger partial charge in [0.2, 0.25) is 21.8 Å². The Kier molecular flexibility index (Phi) is 9.18. The van der Waals surface area contributed by atoms with Gasteiger partial charge in [0.25, 0.3) is 0 Å². The molecule has 0 heterocycles. The van der Waals surface area contributed by atoms with Crippen molar-refractivity contribution in [1.82, 2.24) is 10.2 Å².